The van der Waals surface area contributed by atoms with Gasteiger partial charge in [0.2, 0.25) is 10.0 Å². The first kappa shape index (κ1) is 17.2. The number of hydrogen-bond donors (Lipinski definition) is 2. The molecular weight excluding hydrogens is 346 g/mol. The molecule has 9 heteroatoms. The maximum absolute atomic E-state index is 12.4. The van der Waals surface area contributed by atoms with Gasteiger partial charge < -0.3 is 4.42 Å². The molecule has 132 valence electrons. The molecular formula is C16H17N3O5S. The molecule has 0 saturated carbocycles. The number of hydrazine groups is 1. The average molecular weight is 363 g/mol. The number of nitrogens with one attached hydrogen (secondary N) is 2. The first-order valence-electron chi connectivity index (χ1n) is 7.71. The Hall–Kier alpha value is -2.65. The molecule has 0 bridgehead atoms. The zero-order valence-electron chi connectivity index (χ0n) is 13.3. The highest BCUT2D eigenvalue weighted by Crippen LogP contribution is 2.21. The highest BCUT2D eigenvalue weighted by Gasteiger charge is 2.27. The molecule has 1 aliphatic heterocycles. The van der Waals surface area contributed by atoms with Crippen LogP contribution in [-0.2, 0) is 10.0 Å². The zero-order chi connectivity index (χ0) is 17.9. The third kappa shape index (κ3) is 3.72. The van der Waals surface area contributed by atoms with Gasteiger partial charge in [0.15, 0.2) is 0 Å². The topological polar surface area (TPSA) is 109 Å². The Morgan fingerprint density at radius 3 is 2.08 bits per heavy atom. The highest BCUT2D eigenvalue weighted by molar-refractivity contribution is 7.89. The summed E-state index contributed by atoms with van der Waals surface area (Å²) in [5.74, 6) is -1.07. The third-order valence-corrected chi connectivity index (χ3v) is 5.81. The molecule has 1 aromatic heterocycles. The van der Waals surface area contributed by atoms with Gasteiger partial charge in [-0.05, 0) is 43.2 Å². The summed E-state index contributed by atoms with van der Waals surface area (Å²) in [5, 5.41) is 0. The molecule has 1 saturated heterocycles. The van der Waals surface area contributed by atoms with Gasteiger partial charge in [-0.15, -0.1) is 0 Å². The molecule has 1 aliphatic rings. The summed E-state index contributed by atoms with van der Waals surface area (Å²) < 4.78 is 31.1. The molecule has 2 heterocycles. The maximum atomic E-state index is 12.4. The van der Waals surface area contributed by atoms with Gasteiger partial charge in [-0.3, -0.25) is 20.4 Å². The molecule has 8 nitrogen and oxygen atoms in total. The number of sulfonamides is 1. The average Bonchev–Trinajstić information content (AvgIpc) is 3.33. The molecule has 0 radical (unpaired) electrons. The van der Waals surface area contributed by atoms with Crippen LogP contribution in [0.5, 0.6) is 0 Å². The maximum Gasteiger partial charge on any atom is 0.272 e. The second-order valence-electron chi connectivity index (χ2n) is 5.56. The summed E-state index contributed by atoms with van der Waals surface area (Å²) in [5.41, 5.74) is 5.01. The fraction of sp³-hybridized carbons (Fsp3) is 0.250. The lowest BCUT2D eigenvalue weighted by Crippen LogP contribution is -2.41. The fourth-order valence-corrected chi connectivity index (χ4v) is 4.02. The van der Waals surface area contributed by atoms with E-state index in [1.807, 2.05) is 0 Å². The molecule has 1 aromatic carbocycles. The number of carbonyl (C=O) groups is 2. The zero-order valence-corrected chi connectivity index (χ0v) is 14.1. The molecule has 25 heavy (non-hydrogen) atoms. The Labute approximate surface area is 144 Å². The van der Waals surface area contributed by atoms with E-state index in [4.69, 9.17) is 4.42 Å². The van der Waals surface area contributed by atoms with Crippen molar-refractivity contribution < 1.29 is 22.4 Å². The smallest absolute Gasteiger partial charge is 0.272 e. The number of benzene rings is 1. The van der Waals surface area contributed by atoms with Crippen LogP contribution in [0.25, 0.3) is 0 Å². The molecule has 0 atom stereocenters. The van der Waals surface area contributed by atoms with Crippen LogP contribution in [0.1, 0.15) is 33.6 Å². The minimum absolute atomic E-state index is 0.147. The van der Waals surface area contributed by atoms with Crippen molar-refractivity contribution >= 4 is 21.8 Å². The van der Waals surface area contributed by atoms with Crippen molar-refractivity contribution in [2.75, 3.05) is 13.1 Å². The molecule has 0 unspecified atom stereocenters. The molecule has 2 N–H and O–H groups in total. The van der Waals surface area contributed by atoms with Gasteiger partial charge in [-0.25, -0.2) is 8.42 Å². The quantitative estimate of drug-likeness (QED) is 0.792. The van der Waals surface area contributed by atoms with Crippen LogP contribution in [0.3, 0.4) is 0 Å². The number of hydrogen-bond acceptors (Lipinski definition) is 5. The summed E-state index contributed by atoms with van der Waals surface area (Å²) in [6, 6.07) is 7.05. The number of amides is 2. The van der Waals surface area contributed by atoms with Gasteiger partial charge in [0.05, 0.1) is 16.7 Å². The lowest BCUT2D eigenvalue weighted by molar-refractivity contribution is 0.0846. The van der Waals surface area contributed by atoms with Crippen molar-refractivity contribution in [3.05, 3.63) is 54.0 Å². The van der Waals surface area contributed by atoms with Crippen molar-refractivity contribution in [3.63, 3.8) is 0 Å². The van der Waals surface area contributed by atoms with E-state index in [1.54, 1.807) is 0 Å². The predicted octanol–water partition coefficient (Wildman–Crippen LogP) is 1.14. The summed E-state index contributed by atoms with van der Waals surface area (Å²) in [4.78, 5) is 23.9. The van der Waals surface area contributed by atoms with Crippen molar-refractivity contribution in [2.24, 2.45) is 0 Å². The Kier molecular flexibility index (Phi) is 4.86. The lowest BCUT2D eigenvalue weighted by atomic mass is 10.2. The number of nitrogens with zero attached hydrogens (tertiary/aromatic N) is 1. The Morgan fingerprint density at radius 1 is 0.920 bits per heavy atom. The fourth-order valence-electron chi connectivity index (χ4n) is 2.51. The largest absolute Gasteiger partial charge is 0.472 e. The summed E-state index contributed by atoms with van der Waals surface area (Å²) in [7, 11) is -3.52. The van der Waals surface area contributed by atoms with Crippen molar-refractivity contribution in [2.45, 2.75) is 17.7 Å². The lowest BCUT2D eigenvalue weighted by Gasteiger charge is -2.15. The summed E-state index contributed by atoms with van der Waals surface area (Å²) >= 11 is 0. The van der Waals surface area contributed by atoms with Gasteiger partial charge in [0.1, 0.15) is 6.26 Å². The number of furan rings is 1. The third-order valence-electron chi connectivity index (χ3n) is 3.89. The monoisotopic (exact) mass is 363 g/mol. The van der Waals surface area contributed by atoms with E-state index in [-0.39, 0.29) is 16.0 Å². The Morgan fingerprint density at radius 2 is 1.52 bits per heavy atom. The summed E-state index contributed by atoms with van der Waals surface area (Å²) in [6.45, 7) is 1.04. The first-order valence-corrected chi connectivity index (χ1v) is 9.15. The van der Waals surface area contributed by atoms with Gasteiger partial charge >= 0.3 is 0 Å². The van der Waals surface area contributed by atoms with E-state index in [1.165, 1.54) is 47.2 Å². The van der Waals surface area contributed by atoms with E-state index >= 15 is 0 Å². The second-order valence-corrected chi connectivity index (χ2v) is 7.49. The number of rotatable bonds is 4. The second kappa shape index (κ2) is 7.08. The van der Waals surface area contributed by atoms with Gasteiger partial charge in [0, 0.05) is 18.7 Å². The Bertz CT molecular complexity index is 854. The van der Waals surface area contributed by atoms with Gasteiger partial charge in [-0.1, -0.05) is 0 Å². The van der Waals surface area contributed by atoms with E-state index in [0.717, 1.165) is 12.8 Å². The minimum atomic E-state index is -3.52. The van der Waals surface area contributed by atoms with E-state index in [9.17, 15) is 18.0 Å². The standard InChI is InChI=1S/C16H17N3O5S/c20-15(17-18-16(21)13-7-10-24-11-13)12-3-5-14(6-4-12)25(22,23)19-8-1-2-9-19/h3-7,10-11H,1-2,8-9H2,(H,17,20)(H,18,21). The van der Waals surface area contributed by atoms with Crippen molar-refractivity contribution in [1.82, 2.24) is 15.2 Å². The van der Waals surface area contributed by atoms with Crippen LogP contribution >= 0.6 is 0 Å². The molecule has 0 spiro atoms. The van der Waals surface area contributed by atoms with Crippen molar-refractivity contribution in [3.8, 4) is 0 Å². The van der Waals surface area contributed by atoms with Crippen LogP contribution < -0.4 is 10.9 Å². The van der Waals surface area contributed by atoms with Crippen molar-refractivity contribution in [1.29, 1.82) is 0 Å². The van der Waals surface area contributed by atoms with E-state index in [0.29, 0.717) is 13.1 Å². The predicted molar refractivity (Wildman–Crippen MR) is 88.1 cm³/mol. The SMILES string of the molecule is O=C(NNC(=O)c1ccoc1)c1ccc(S(=O)(=O)N2CCCC2)cc1. The van der Waals surface area contributed by atoms with E-state index < -0.39 is 21.8 Å². The Balaban J connectivity index is 1.63. The highest BCUT2D eigenvalue weighted by atomic mass is 32.2. The van der Waals surface area contributed by atoms with Crippen LogP contribution in [0, 0.1) is 0 Å². The minimum Gasteiger partial charge on any atom is -0.472 e. The van der Waals surface area contributed by atoms with Gasteiger partial charge in [0.25, 0.3) is 11.8 Å². The molecule has 0 aliphatic carbocycles. The normalized spacial score (nSPS) is 15.0. The van der Waals surface area contributed by atoms with Gasteiger partial charge in [-0.2, -0.15) is 4.31 Å². The van der Waals surface area contributed by atoms with Crippen LogP contribution in [-0.4, -0.2) is 37.6 Å². The molecule has 2 amide bonds. The molecule has 1 fully saturated rings. The van der Waals surface area contributed by atoms with Crippen LogP contribution in [0.4, 0.5) is 0 Å². The van der Waals surface area contributed by atoms with Crippen LogP contribution in [0.2, 0.25) is 0 Å². The summed E-state index contributed by atoms with van der Waals surface area (Å²) in [6.07, 6.45) is 4.31. The molecule has 3 rings (SSSR count). The molecule has 2 aromatic rings. The first-order chi connectivity index (χ1) is 12.0. The van der Waals surface area contributed by atoms with E-state index in [2.05, 4.69) is 10.9 Å². The van der Waals surface area contributed by atoms with Crippen LogP contribution in [0.15, 0.2) is 52.2 Å². The number of carbonyl (C=O) groups excluding carboxylic acids is 2.